The summed E-state index contributed by atoms with van der Waals surface area (Å²) >= 11 is 0. The smallest absolute Gasteiger partial charge is 0 e. The minimum absolute atomic E-state index is 0. The van der Waals surface area contributed by atoms with E-state index >= 15 is 0 Å². The van der Waals surface area contributed by atoms with Gasteiger partial charge in [-0.05, 0) is 0 Å². The van der Waals surface area contributed by atoms with E-state index < -0.39 is 0 Å². The summed E-state index contributed by atoms with van der Waals surface area (Å²) < 4.78 is 22.5. The summed E-state index contributed by atoms with van der Waals surface area (Å²) in [6, 6.07) is 0. The van der Waals surface area contributed by atoms with Gasteiger partial charge in [-0.15, -0.1) is 13.2 Å². The average molecular weight is 207 g/mol. The van der Waals surface area contributed by atoms with Crippen LogP contribution in [-0.2, 0) is 31.0 Å². The van der Waals surface area contributed by atoms with Gasteiger partial charge in [0.05, 0.1) is 0 Å². The molecular weight excluding hydrogens is 200 g/mol. The molecule has 0 atom stereocenters. The van der Waals surface area contributed by atoms with Gasteiger partial charge in [-0.25, -0.2) is 0 Å². The average Bonchev–Trinajstić information content (AvgIpc) is 2.16. The summed E-state index contributed by atoms with van der Waals surface area (Å²) in [5.74, 6) is 0. The van der Waals surface area contributed by atoms with Crippen molar-refractivity contribution in [2.45, 2.75) is 0 Å². The molecule has 0 bridgehead atoms. The molecule has 0 amide bonds. The maximum atomic E-state index is 7.50. The van der Waals surface area contributed by atoms with Gasteiger partial charge in [0.2, 0.25) is 0 Å². The van der Waals surface area contributed by atoms with E-state index in [1.807, 2.05) is 0 Å². The first kappa shape index (κ1) is 30.3. The van der Waals surface area contributed by atoms with E-state index in [-0.39, 0.29) is 17.1 Å². The molecule has 1 radical (unpaired) electrons. The maximum absolute atomic E-state index is 7.50. The Morgan fingerprint density at radius 3 is 0.917 bits per heavy atom. The third-order valence-corrected chi connectivity index (χ3v) is 0.272. The Morgan fingerprint density at radius 1 is 0.750 bits per heavy atom. The molecule has 65 valence electrons. The zero-order valence-electron chi connectivity index (χ0n) is 6.22. The summed E-state index contributed by atoms with van der Waals surface area (Å²) in [5.41, 5.74) is 0. The second-order valence-electron chi connectivity index (χ2n) is 0.664. The van der Waals surface area contributed by atoms with Gasteiger partial charge in [0.25, 0.3) is 0 Å². The first-order chi connectivity index (χ1) is 5.41. The molecule has 0 saturated carbocycles. The first-order valence-corrected chi connectivity index (χ1v) is 2.10. The maximum Gasteiger partial charge on any atom is 0 e. The summed E-state index contributed by atoms with van der Waals surface area (Å²) in [5, 5.41) is 0. The van der Waals surface area contributed by atoms with Crippen LogP contribution in [0.5, 0.6) is 0 Å². The van der Waals surface area contributed by atoms with Gasteiger partial charge in [-0.2, -0.15) is 0 Å². The number of rotatable bonds is 2. The molecule has 3 nitrogen and oxygen atoms in total. The van der Waals surface area contributed by atoms with Gasteiger partial charge in [0.15, 0.2) is 0 Å². The SMILES string of the molecule is C=C[CH]C=C.[C-]#[O+].[C-]#[O+].[C-]#[O+].[Fe]. The van der Waals surface area contributed by atoms with E-state index in [0.717, 1.165) is 0 Å². The minimum atomic E-state index is 0. The van der Waals surface area contributed by atoms with Gasteiger partial charge in [0, 0.05) is 23.5 Å². The molecule has 0 rings (SSSR count). The number of hydrogen-bond acceptors (Lipinski definition) is 0. The topological polar surface area (TPSA) is 59.7 Å². The summed E-state index contributed by atoms with van der Waals surface area (Å²) in [4.78, 5) is 0. The van der Waals surface area contributed by atoms with Gasteiger partial charge in [-0.1, -0.05) is 12.2 Å². The molecule has 0 spiro atoms. The second kappa shape index (κ2) is 176. The Bertz CT molecular complexity index is 104. The van der Waals surface area contributed by atoms with Crippen molar-refractivity contribution in [2.75, 3.05) is 0 Å². The van der Waals surface area contributed by atoms with Gasteiger partial charge >= 0.3 is 33.9 Å². The van der Waals surface area contributed by atoms with Gasteiger partial charge in [-0.3, -0.25) is 0 Å². The van der Waals surface area contributed by atoms with E-state index in [9.17, 15) is 0 Å². The Balaban J connectivity index is -0.0000000203. The molecule has 0 aliphatic heterocycles. The Hall–Kier alpha value is -0.781. The van der Waals surface area contributed by atoms with Crippen molar-refractivity contribution in [3.05, 3.63) is 51.7 Å². The van der Waals surface area contributed by atoms with Gasteiger partial charge in [0.1, 0.15) is 0 Å². The molecule has 0 aliphatic rings. The summed E-state index contributed by atoms with van der Waals surface area (Å²) in [6.07, 6.45) is 5.15. The third-order valence-electron chi connectivity index (χ3n) is 0.272. The predicted octanol–water partition coefficient (Wildman–Crippen LogP) is 1.45. The van der Waals surface area contributed by atoms with E-state index in [1.54, 1.807) is 18.6 Å². The summed E-state index contributed by atoms with van der Waals surface area (Å²) in [6.45, 7) is 20.3. The van der Waals surface area contributed by atoms with E-state index in [2.05, 4.69) is 33.1 Å². The molecular formula is C8H7FeO3. The van der Waals surface area contributed by atoms with Gasteiger partial charge < -0.3 is 0 Å². The fourth-order valence-corrected chi connectivity index (χ4v) is 0.0962. The molecule has 12 heavy (non-hydrogen) atoms. The normalized spacial score (nSPS) is 3.17. The Labute approximate surface area is 83.2 Å². The molecule has 0 aromatic carbocycles. The Kier molecular flexibility index (Phi) is 445. The van der Waals surface area contributed by atoms with Crippen molar-refractivity contribution in [2.24, 2.45) is 0 Å². The molecule has 0 fully saturated rings. The van der Waals surface area contributed by atoms with Crippen LogP contribution >= 0.6 is 0 Å². The Morgan fingerprint density at radius 2 is 0.917 bits per heavy atom. The van der Waals surface area contributed by atoms with Crippen LogP contribution in [0.3, 0.4) is 0 Å². The van der Waals surface area contributed by atoms with Crippen molar-refractivity contribution in [3.8, 4) is 0 Å². The van der Waals surface area contributed by atoms with Crippen LogP contribution in [-0.4, -0.2) is 0 Å². The molecule has 0 aliphatic carbocycles. The third kappa shape index (κ3) is 419. The van der Waals surface area contributed by atoms with E-state index in [0.29, 0.717) is 0 Å². The molecule has 0 saturated heterocycles. The second-order valence-corrected chi connectivity index (χ2v) is 0.664. The summed E-state index contributed by atoms with van der Waals surface area (Å²) in [7, 11) is 0. The minimum Gasteiger partial charge on any atom is 0 e. The first-order valence-electron chi connectivity index (χ1n) is 2.10. The zero-order chi connectivity index (χ0) is 10.1. The van der Waals surface area contributed by atoms with Crippen LogP contribution in [0.2, 0.25) is 0 Å². The number of hydrogen-bond donors (Lipinski definition) is 0. The monoisotopic (exact) mass is 207 g/mol. The van der Waals surface area contributed by atoms with E-state index in [1.165, 1.54) is 0 Å². The number of allylic oxidation sites excluding steroid dienone is 2. The molecule has 0 unspecified atom stereocenters. The van der Waals surface area contributed by atoms with Crippen LogP contribution in [0.4, 0.5) is 0 Å². The van der Waals surface area contributed by atoms with Crippen molar-refractivity contribution in [1.82, 2.24) is 0 Å². The molecule has 0 heterocycles. The van der Waals surface area contributed by atoms with Crippen LogP contribution in [0.1, 0.15) is 0 Å². The van der Waals surface area contributed by atoms with Crippen LogP contribution in [0, 0.1) is 26.4 Å². The zero-order valence-corrected chi connectivity index (χ0v) is 7.33. The standard InChI is InChI=1S/C5H7.3CO.Fe/c1-3-5-4-2;3*1-2;/h3-5H,1-2H2;;;;. The molecule has 0 aromatic heterocycles. The van der Waals surface area contributed by atoms with Crippen molar-refractivity contribution in [1.29, 1.82) is 0 Å². The fraction of sp³-hybridized carbons (Fsp3) is 0. The largest absolute Gasteiger partial charge is 0 e. The predicted molar refractivity (Wildman–Crippen MR) is 36.5 cm³/mol. The van der Waals surface area contributed by atoms with Crippen LogP contribution in [0.25, 0.3) is 0 Å². The fourth-order valence-electron chi connectivity index (χ4n) is 0.0962. The van der Waals surface area contributed by atoms with E-state index in [4.69, 9.17) is 14.0 Å². The van der Waals surface area contributed by atoms with Crippen LogP contribution < -0.4 is 0 Å². The van der Waals surface area contributed by atoms with Crippen LogP contribution in [0.15, 0.2) is 25.3 Å². The molecule has 0 N–H and O–H groups in total. The molecule has 4 heteroatoms. The molecule has 0 aromatic rings. The quantitative estimate of drug-likeness (QED) is 0.373. The van der Waals surface area contributed by atoms with Crippen molar-refractivity contribution < 1.29 is 31.0 Å². The van der Waals surface area contributed by atoms with Crippen molar-refractivity contribution >= 4 is 0 Å². The van der Waals surface area contributed by atoms with Crippen molar-refractivity contribution in [3.63, 3.8) is 0 Å².